The van der Waals surface area contributed by atoms with Crippen molar-refractivity contribution in [3.8, 4) is 0 Å². The van der Waals surface area contributed by atoms with Gasteiger partial charge in [0.05, 0.1) is 5.56 Å². The van der Waals surface area contributed by atoms with Crippen molar-refractivity contribution in [2.24, 2.45) is 0 Å². The van der Waals surface area contributed by atoms with Crippen molar-refractivity contribution in [2.45, 2.75) is 24.9 Å². The van der Waals surface area contributed by atoms with E-state index in [1.165, 1.54) is 17.0 Å². The van der Waals surface area contributed by atoms with Gasteiger partial charge in [-0.2, -0.15) is 13.2 Å². The van der Waals surface area contributed by atoms with Crippen LogP contribution in [0.2, 0.25) is 0 Å². The molecule has 23 heavy (non-hydrogen) atoms. The molecule has 0 bridgehead atoms. The summed E-state index contributed by atoms with van der Waals surface area (Å²) < 4.78 is 37.7. The molecule has 0 N–H and O–H groups in total. The monoisotopic (exact) mass is 339 g/mol. The van der Waals surface area contributed by atoms with Gasteiger partial charge in [0, 0.05) is 23.5 Å². The van der Waals surface area contributed by atoms with Crippen LogP contribution in [0.1, 0.15) is 39.6 Å². The Balaban J connectivity index is 1.63. The van der Waals surface area contributed by atoms with Gasteiger partial charge in [-0.3, -0.25) is 4.79 Å². The third-order valence-electron chi connectivity index (χ3n) is 4.19. The minimum atomic E-state index is -4.37. The molecule has 122 valence electrons. The van der Waals surface area contributed by atoms with E-state index in [0.29, 0.717) is 24.6 Å². The van der Waals surface area contributed by atoms with E-state index in [4.69, 9.17) is 0 Å². The Morgan fingerprint density at radius 1 is 1.09 bits per heavy atom. The van der Waals surface area contributed by atoms with Crippen molar-refractivity contribution in [1.82, 2.24) is 4.90 Å². The first-order valence-corrected chi connectivity index (χ1v) is 8.33. The first-order chi connectivity index (χ1) is 10.9. The highest BCUT2D eigenvalue weighted by atomic mass is 32.1. The number of carbonyl (C=O) groups is 1. The van der Waals surface area contributed by atoms with Gasteiger partial charge in [-0.05, 0) is 54.5 Å². The van der Waals surface area contributed by atoms with Gasteiger partial charge in [-0.1, -0.05) is 6.07 Å². The lowest BCUT2D eigenvalue weighted by Gasteiger charge is -2.31. The first-order valence-electron chi connectivity index (χ1n) is 7.45. The molecule has 1 amide bonds. The molecule has 0 atom stereocenters. The SMILES string of the molecule is O=C(c1ccc(C(F)(F)F)cc1)N1CCC(c2cccs2)CC1. The second-order valence-corrected chi connectivity index (χ2v) is 6.64. The normalized spacial score (nSPS) is 16.6. The van der Waals surface area contributed by atoms with Crippen LogP contribution in [-0.4, -0.2) is 23.9 Å². The highest BCUT2D eigenvalue weighted by molar-refractivity contribution is 7.10. The van der Waals surface area contributed by atoms with Gasteiger partial charge in [-0.25, -0.2) is 0 Å². The third kappa shape index (κ3) is 3.58. The quantitative estimate of drug-likeness (QED) is 0.770. The smallest absolute Gasteiger partial charge is 0.339 e. The van der Waals surface area contributed by atoms with E-state index in [2.05, 4.69) is 11.4 Å². The molecule has 2 nitrogen and oxygen atoms in total. The second-order valence-electron chi connectivity index (χ2n) is 5.66. The van der Waals surface area contributed by atoms with Gasteiger partial charge in [0.15, 0.2) is 0 Å². The zero-order valence-corrected chi connectivity index (χ0v) is 13.2. The Labute approximate surface area is 136 Å². The minimum Gasteiger partial charge on any atom is -0.339 e. The Bertz CT molecular complexity index is 656. The van der Waals surface area contributed by atoms with E-state index >= 15 is 0 Å². The van der Waals surface area contributed by atoms with E-state index in [1.807, 2.05) is 6.07 Å². The van der Waals surface area contributed by atoms with Crippen molar-refractivity contribution in [3.05, 3.63) is 57.8 Å². The molecule has 0 saturated carbocycles. The van der Waals surface area contributed by atoms with Gasteiger partial charge >= 0.3 is 6.18 Å². The molecular weight excluding hydrogens is 323 g/mol. The molecule has 3 rings (SSSR count). The minimum absolute atomic E-state index is 0.191. The summed E-state index contributed by atoms with van der Waals surface area (Å²) in [5.41, 5.74) is -0.418. The van der Waals surface area contributed by atoms with Gasteiger partial charge in [0.1, 0.15) is 0 Å². The molecule has 0 radical (unpaired) electrons. The molecule has 1 aliphatic rings. The topological polar surface area (TPSA) is 20.3 Å². The lowest BCUT2D eigenvalue weighted by atomic mass is 9.95. The average molecular weight is 339 g/mol. The van der Waals surface area contributed by atoms with Crippen molar-refractivity contribution in [1.29, 1.82) is 0 Å². The Morgan fingerprint density at radius 2 is 1.74 bits per heavy atom. The zero-order chi connectivity index (χ0) is 16.4. The number of nitrogens with zero attached hydrogens (tertiary/aromatic N) is 1. The van der Waals surface area contributed by atoms with E-state index in [0.717, 1.165) is 25.0 Å². The van der Waals surface area contributed by atoms with Crippen LogP contribution in [0.4, 0.5) is 13.2 Å². The summed E-state index contributed by atoms with van der Waals surface area (Å²) in [6.07, 6.45) is -2.58. The molecule has 0 unspecified atom stereocenters. The van der Waals surface area contributed by atoms with E-state index in [9.17, 15) is 18.0 Å². The molecule has 1 aromatic heterocycles. The van der Waals surface area contributed by atoms with Crippen LogP contribution >= 0.6 is 11.3 Å². The number of alkyl halides is 3. The standard InChI is InChI=1S/C17H16F3NOS/c18-17(19,20)14-5-3-13(4-6-14)16(22)21-9-7-12(8-10-21)15-2-1-11-23-15/h1-6,11-12H,7-10H2. The van der Waals surface area contributed by atoms with Crippen LogP contribution in [0, 0.1) is 0 Å². The molecule has 1 saturated heterocycles. The van der Waals surface area contributed by atoms with E-state index in [-0.39, 0.29) is 5.91 Å². The molecule has 2 aromatic rings. The molecule has 0 spiro atoms. The number of halogens is 3. The summed E-state index contributed by atoms with van der Waals surface area (Å²) in [4.78, 5) is 15.5. The van der Waals surface area contributed by atoms with Gasteiger partial charge in [0.2, 0.25) is 0 Å². The van der Waals surface area contributed by atoms with Crippen LogP contribution < -0.4 is 0 Å². The van der Waals surface area contributed by atoms with Gasteiger partial charge in [0.25, 0.3) is 5.91 Å². The number of likely N-dealkylation sites (tertiary alicyclic amines) is 1. The molecule has 1 aliphatic heterocycles. The Kier molecular flexibility index (Phi) is 4.43. The number of hydrogen-bond acceptors (Lipinski definition) is 2. The summed E-state index contributed by atoms with van der Waals surface area (Å²) in [5, 5.41) is 2.05. The van der Waals surface area contributed by atoms with Gasteiger partial charge < -0.3 is 4.90 Å². The largest absolute Gasteiger partial charge is 0.416 e. The van der Waals surface area contributed by atoms with Crippen LogP contribution in [-0.2, 0) is 6.18 Å². The number of amides is 1. The summed E-state index contributed by atoms with van der Waals surface area (Å²) in [5.74, 6) is 0.287. The van der Waals surface area contributed by atoms with Crippen LogP contribution in [0.25, 0.3) is 0 Å². The Hall–Kier alpha value is -1.82. The molecule has 1 aromatic carbocycles. The summed E-state index contributed by atoms with van der Waals surface area (Å²) in [6, 6.07) is 8.59. The zero-order valence-electron chi connectivity index (χ0n) is 12.3. The molecule has 6 heteroatoms. The summed E-state index contributed by atoms with van der Waals surface area (Å²) in [7, 11) is 0. The van der Waals surface area contributed by atoms with Crippen LogP contribution in [0.3, 0.4) is 0 Å². The fourth-order valence-corrected chi connectivity index (χ4v) is 3.77. The Morgan fingerprint density at radius 3 is 2.26 bits per heavy atom. The molecular formula is C17H16F3NOS. The maximum Gasteiger partial charge on any atom is 0.416 e. The first kappa shape index (κ1) is 16.1. The molecule has 1 fully saturated rings. The fourth-order valence-electron chi connectivity index (χ4n) is 2.88. The van der Waals surface area contributed by atoms with Crippen molar-refractivity contribution in [3.63, 3.8) is 0 Å². The van der Waals surface area contributed by atoms with E-state index in [1.54, 1.807) is 16.2 Å². The lowest BCUT2D eigenvalue weighted by Crippen LogP contribution is -2.37. The molecule has 2 heterocycles. The number of benzene rings is 1. The number of thiophene rings is 1. The van der Waals surface area contributed by atoms with Crippen molar-refractivity contribution < 1.29 is 18.0 Å². The highest BCUT2D eigenvalue weighted by Crippen LogP contribution is 2.32. The summed E-state index contributed by atoms with van der Waals surface area (Å²) in [6.45, 7) is 1.28. The van der Waals surface area contributed by atoms with Crippen molar-refractivity contribution >= 4 is 17.2 Å². The molecule has 0 aliphatic carbocycles. The predicted octanol–water partition coefficient (Wildman–Crippen LogP) is 4.79. The van der Waals surface area contributed by atoms with Crippen LogP contribution in [0.5, 0.6) is 0 Å². The maximum atomic E-state index is 12.6. The number of piperidine rings is 1. The highest BCUT2D eigenvalue weighted by Gasteiger charge is 2.31. The maximum absolute atomic E-state index is 12.6. The number of carbonyl (C=O) groups excluding carboxylic acids is 1. The predicted molar refractivity (Wildman–Crippen MR) is 83.6 cm³/mol. The van der Waals surface area contributed by atoms with E-state index < -0.39 is 11.7 Å². The van der Waals surface area contributed by atoms with Crippen LogP contribution in [0.15, 0.2) is 41.8 Å². The fraction of sp³-hybridized carbons (Fsp3) is 0.353. The number of hydrogen-bond donors (Lipinski definition) is 0. The lowest BCUT2D eigenvalue weighted by molar-refractivity contribution is -0.137. The van der Waals surface area contributed by atoms with Crippen molar-refractivity contribution in [2.75, 3.05) is 13.1 Å². The summed E-state index contributed by atoms with van der Waals surface area (Å²) >= 11 is 1.73. The number of rotatable bonds is 2. The average Bonchev–Trinajstić information content (AvgIpc) is 3.08. The third-order valence-corrected chi connectivity index (χ3v) is 5.22. The van der Waals surface area contributed by atoms with Gasteiger partial charge in [-0.15, -0.1) is 11.3 Å². The second kappa shape index (κ2) is 6.35.